The first-order valence-electron chi connectivity index (χ1n) is 9.72. The molecule has 0 spiro atoms. The highest BCUT2D eigenvalue weighted by Gasteiger charge is 2.37. The molecule has 0 fully saturated rings. The molecule has 0 aliphatic carbocycles. The number of hydrogen-bond donors (Lipinski definition) is 3. The van der Waals surface area contributed by atoms with Crippen molar-refractivity contribution in [1.82, 2.24) is 10.2 Å². The van der Waals surface area contributed by atoms with Crippen molar-refractivity contribution >= 4 is 6.09 Å². The quantitative estimate of drug-likeness (QED) is 0.641. The fraction of sp³-hybridized carbons (Fsp3) is 0.435. The molecule has 2 rings (SSSR count). The molecule has 0 heterocycles. The van der Waals surface area contributed by atoms with Gasteiger partial charge in [0, 0.05) is 18.1 Å². The number of nitrogens with zero attached hydrogens (tertiary/aromatic N) is 1. The lowest BCUT2D eigenvalue weighted by Crippen LogP contribution is -2.58. The Hall–Kier alpha value is -2.37. The largest absolute Gasteiger partial charge is 0.465 e. The van der Waals surface area contributed by atoms with Crippen LogP contribution in [0.1, 0.15) is 44.9 Å². The zero-order valence-corrected chi connectivity index (χ0v) is 17.2. The van der Waals surface area contributed by atoms with Gasteiger partial charge in [-0.25, -0.2) is 4.79 Å². The highest BCUT2D eigenvalue weighted by Crippen LogP contribution is 2.23. The molecule has 0 aromatic heterocycles. The molecule has 0 bridgehead atoms. The predicted octanol–water partition coefficient (Wildman–Crippen LogP) is 4.09. The zero-order chi connectivity index (χ0) is 20.7. The maximum absolute atomic E-state index is 12.0. The standard InChI is InChI=1S/C23H32N2O3/c1-17(19-13-9-6-10-14-19)24-16-21(26)20(15-18-11-7-5-8-12-18)25(22(27)28)23(2,3)4/h5-14,17,20-21,24,26H,15-16H2,1-4H3,(H,27,28)/t17-,20+,21-/m1/s1. The average molecular weight is 385 g/mol. The van der Waals surface area contributed by atoms with Crippen LogP contribution in [0, 0.1) is 0 Å². The number of amides is 1. The first-order chi connectivity index (χ1) is 13.2. The van der Waals surface area contributed by atoms with Gasteiger partial charge < -0.3 is 15.5 Å². The van der Waals surface area contributed by atoms with Crippen LogP contribution in [-0.2, 0) is 6.42 Å². The topological polar surface area (TPSA) is 72.8 Å². The number of hydrogen-bond acceptors (Lipinski definition) is 3. The smallest absolute Gasteiger partial charge is 0.408 e. The fourth-order valence-corrected chi connectivity index (χ4v) is 3.47. The molecule has 3 atom stereocenters. The van der Waals surface area contributed by atoms with Crippen LogP contribution in [0.25, 0.3) is 0 Å². The van der Waals surface area contributed by atoms with Crippen LogP contribution in [-0.4, -0.2) is 45.4 Å². The van der Waals surface area contributed by atoms with E-state index in [9.17, 15) is 15.0 Å². The number of carbonyl (C=O) groups is 1. The molecule has 2 aromatic carbocycles. The van der Waals surface area contributed by atoms with Gasteiger partial charge in [-0.05, 0) is 45.2 Å². The molecule has 0 unspecified atom stereocenters. The summed E-state index contributed by atoms with van der Waals surface area (Å²) in [4.78, 5) is 13.4. The van der Waals surface area contributed by atoms with Crippen LogP contribution in [0.2, 0.25) is 0 Å². The summed E-state index contributed by atoms with van der Waals surface area (Å²) in [5.74, 6) is 0. The molecule has 0 saturated carbocycles. The lowest BCUT2D eigenvalue weighted by molar-refractivity contribution is 0.00704. The summed E-state index contributed by atoms with van der Waals surface area (Å²) in [5.41, 5.74) is 1.50. The normalized spacial score (nSPS) is 14.9. The SMILES string of the molecule is C[C@@H](NC[C@@H](O)[C@H](Cc1ccccc1)N(C(=O)O)C(C)(C)C)c1ccccc1. The summed E-state index contributed by atoms with van der Waals surface area (Å²) >= 11 is 0. The van der Waals surface area contributed by atoms with E-state index in [0.29, 0.717) is 13.0 Å². The lowest BCUT2D eigenvalue weighted by Gasteiger charge is -2.42. The number of nitrogens with one attached hydrogen (secondary N) is 1. The van der Waals surface area contributed by atoms with E-state index in [1.165, 1.54) is 4.90 Å². The van der Waals surface area contributed by atoms with Gasteiger partial charge in [-0.1, -0.05) is 60.7 Å². The first kappa shape index (κ1) is 21.9. The van der Waals surface area contributed by atoms with Gasteiger partial charge in [0.25, 0.3) is 0 Å². The molecule has 0 saturated heterocycles. The Morgan fingerprint density at radius 1 is 1.04 bits per heavy atom. The van der Waals surface area contributed by atoms with Crippen molar-refractivity contribution in [1.29, 1.82) is 0 Å². The zero-order valence-electron chi connectivity index (χ0n) is 17.2. The molecule has 28 heavy (non-hydrogen) atoms. The maximum atomic E-state index is 12.0. The minimum Gasteiger partial charge on any atom is -0.465 e. The molecule has 1 amide bonds. The molecule has 5 nitrogen and oxygen atoms in total. The molecule has 5 heteroatoms. The number of aliphatic hydroxyl groups is 1. The summed E-state index contributed by atoms with van der Waals surface area (Å²) in [5, 5.41) is 24.2. The average Bonchev–Trinajstić information content (AvgIpc) is 2.65. The number of rotatable bonds is 8. The van der Waals surface area contributed by atoms with Gasteiger partial charge in [0.05, 0.1) is 12.1 Å². The van der Waals surface area contributed by atoms with Crippen LogP contribution in [0.3, 0.4) is 0 Å². The van der Waals surface area contributed by atoms with Crippen molar-refractivity contribution in [3.63, 3.8) is 0 Å². The van der Waals surface area contributed by atoms with Gasteiger partial charge in [0.2, 0.25) is 0 Å². The van der Waals surface area contributed by atoms with Gasteiger partial charge in [0.1, 0.15) is 0 Å². The molecule has 152 valence electrons. The minimum atomic E-state index is -1.02. The summed E-state index contributed by atoms with van der Waals surface area (Å²) in [6.07, 6.45) is -1.42. The van der Waals surface area contributed by atoms with Gasteiger partial charge in [-0.2, -0.15) is 0 Å². The van der Waals surface area contributed by atoms with E-state index < -0.39 is 23.8 Å². The third-order valence-corrected chi connectivity index (χ3v) is 4.93. The lowest BCUT2D eigenvalue weighted by atomic mass is 9.94. The van der Waals surface area contributed by atoms with E-state index in [2.05, 4.69) is 5.32 Å². The third-order valence-electron chi connectivity index (χ3n) is 4.93. The summed E-state index contributed by atoms with van der Waals surface area (Å²) in [7, 11) is 0. The van der Waals surface area contributed by atoms with E-state index in [-0.39, 0.29) is 6.04 Å². The first-order valence-corrected chi connectivity index (χ1v) is 9.72. The van der Waals surface area contributed by atoms with Crippen LogP contribution < -0.4 is 5.32 Å². The second kappa shape index (κ2) is 9.71. The van der Waals surface area contributed by atoms with E-state index in [1.807, 2.05) is 88.4 Å². The monoisotopic (exact) mass is 384 g/mol. The van der Waals surface area contributed by atoms with Gasteiger partial charge in [-0.3, -0.25) is 4.90 Å². The highest BCUT2D eigenvalue weighted by atomic mass is 16.4. The van der Waals surface area contributed by atoms with Crippen LogP contribution in [0.4, 0.5) is 4.79 Å². The Morgan fingerprint density at radius 3 is 2.07 bits per heavy atom. The summed E-state index contributed by atoms with van der Waals surface area (Å²) in [6.45, 7) is 7.89. The Kier molecular flexibility index (Phi) is 7.61. The third kappa shape index (κ3) is 6.08. The fourth-order valence-electron chi connectivity index (χ4n) is 3.47. The Morgan fingerprint density at radius 2 is 1.57 bits per heavy atom. The number of aliphatic hydroxyl groups excluding tert-OH is 1. The Balaban J connectivity index is 2.18. The van der Waals surface area contributed by atoms with Gasteiger partial charge >= 0.3 is 6.09 Å². The molecule has 0 aliphatic rings. The second-order valence-electron chi connectivity index (χ2n) is 8.19. The van der Waals surface area contributed by atoms with Crippen LogP contribution in [0.15, 0.2) is 60.7 Å². The van der Waals surface area contributed by atoms with Crippen molar-refractivity contribution in [3.05, 3.63) is 71.8 Å². The molecule has 0 radical (unpaired) electrons. The van der Waals surface area contributed by atoms with Crippen molar-refractivity contribution in [2.45, 2.75) is 57.8 Å². The minimum absolute atomic E-state index is 0.0566. The van der Waals surface area contributed by atoms with E-state index in [0.717, 1.165) is 11.1 Å². The van der Waals surface area contributed by atoms with Crippen molar-refractivity contribution in [2.24, 2.45) is 0 Å². The Bertz CT molecular complexity index is 729. The summed E-state index contributed by atoms with van der Waals surface area (Å²) in [6, 6.07) is 19.2. The van der Waals surface area contributed by atoms with Crippen LogP contribution in [0.5, 0.6) is 0 Å². The van der Waals surface area contributed by atoms with E-state index in [4.69, 9.17) is 0 Å². The highest BCUT2D eigenvalue weighted by molar-refractivity contribution is 5.66. The second-order valence-corrected chi connectivity index (χ2v) is 8.19. The number of carboxylic acid groups (broad SMARTS) is 1. The van der Waals surface area contributed by atoms with Crippen LogP contribution >= 0.6 is 0 Å². The van der Waals surface area contributed by atoms with Gasteiger partial charge in [-0.15, -0.1) is 0 Å². The van der Waals surface area contributed by atoms with Crippen molar-refractivity contribution in [3.8, 4) is 0 Å². The molecule has 0 aliphatic heterocycles. The Labute approximate surface area is 168 Å². The molecular formula is C23H32N2O3. The van der Waals surface area contributed by atoms with Crippen molar-refractivity contribution in [2.75, 3.05) is 6.54 Å². The van der Waals surface area contributed by atoms with E-state index >= 15 is 0 Å². The molecule has 2 aromatic rings. The summed E-state index contributed by atoms with van der Waals surface area (Å²) < 4.78 is 0. The molecular weight excluding hydrogens is 352 g/mol. The van der Waals surface area contributed by atoms with Crippen molar-refractivity contribution < 1.29 is 15.0 Å². The maximum Gasteiger partial charge on any atom is 0.408 e. The predicted molar refractivity (Wildman–Crippen MR) is 112 cm³/mol. The molecule has 3 N–H and O–H groups in total. The van der Waals surface area contributed by atoms with Gasteiger partial charge in [0.15, 0.2) is 0 Å². The van der Waals surface area contributed by atoms with E-state index in [1.54, 1.807) is 0 Å². The number of benzene rings is 2.